The number of aryl methyl sites for hydroxylation is 1. The molecule has 26 heavy (non-hydrogen) atoms. The first kappa shape index (κ1) is 18.4. The number of hydrogen-bond donors (Lipinski definition) is 2. The molecule has 0 spiro atoms. The fourth-order valence-corrected chi connectivity index (χ4v) is 3.99. The van der Waals surface area contributed by atoms with Crippen molar-refractivity contribution in [2.45, 2.75) is 51.5 Å². The van der Waals surface area contributed by atoms with Gasteiger partial charge in [0.2, 0.25) is 11.8 Å². The number of carboxylic acid groups (broad SMARTS) is 1. The maximum atomic E-state index is 12.6. The lowest BCUT2D eigenvalue weighted by molar-refractivity contribution is -0.142. The molecule has 1 aromatic rings. The third-order valence-electron chi connectivity index (χ3n) is 5.58. The molecule has 0 bridgehead atoms. The average molecular weight is 358 g/mol. The monoisotopic (exact) mass is 358 g/mol. The minimum Gasteiger partial charge on any atom is -0.481 e. The van der Waals surface area contributed by atoms with E-state index in [0.29, 0.717) is 32.2 Å². The molecular weight excluding hydrogens is 332 g/mol. The minimum atomic E-state index is -0.749. The van der Waals surface area contributed by atoms with Gasteiger partial charge in [-0.1, -0.05) is 25.1 Å². The van der Waals surface area contributed by atoms with Crippen LogP contribution in [0, 0.1) is 11.8 Å². The van der Waals surface area contributed by atoms with Gasteiger partial charge in [-0.25, -0.2) is 0 Å². The van der Waals surface area contributed by atoms with Crippen LogP contribution in [0.1, 0.15) is 44.6 Å². The highest BCUT2D eigenvalue weighted by atomic mass is 16.4. The summed E-state index contributed by atoms with van der Waals surface area (Å²) in [7, 11) is 0. The quantitative estimate of drug-likeness (QED) is 0.846. The summed E-state index contributed by atoms with van der Waals surface area (Å²) in [6, 6.07) is 7.84. The van der Waals surface area contributed by atoms with Crippen molar-refractivity contribution in [2.24, 2.45) is 11.8 Å². The Balaban J connectivity index is 1.58. The van der Waals surface area contributed by atoms with Gasteiger partial charge in [0.25, 0.3) is 0 Å². The van der Waals surface area contributed by atoms with E-state index in [1.807, 2.05) is 24.3 Å². The number of nitrogens with zero attached hydrogens (tertiary/aromatic N) is 1. The van der Waals surface area contributed by atoms with Crippen LogP contribution in [0.4, 0.5) is 5.69 Å². The van der Waals surface area contributed by atoms with E-state index in [0.717, 1.165) is 17.7 Å². The van der Waals surface area contributed by atoms with Crippen molar-refractivity contribution in [3.05, 3.63) is 29.8 Å². The summed E-state index contributed by atoms with van der Waals surface area (Å²) in [6.07, 6.45) is 3.63. The number of nitrogens with one attached hydrogen (secondary N) is 1. The van der Waals surface area contributed by atoms with E-state index in [9.17, 15) is 14.4 Å². The molecule has 1 aromatic carbocycles. The fourth-order valence-electron chi connectivity index (χ4n) is 3.99. The Kier molecular flexibility index (Phi) is 5.59. The molecule has 0 aromatic heterocycles. The number of benzene rings is 1. The van der Waals surface area contributed by atoms with Crippen molar-refractivity contribution in [3.8, 4) is 0 Å². The van der Waals surface area contributed by atoms with Crippen LogP contribution in [0.2, 0.25) is 0 Å². The lowest BCUT2D eigenvalue weighted by atomic mass is 9.86. The van der Waals surface area contributed by atoms with Gasteiger partial charge < -0.3 is 15.3 Å². The first-order valence-electron chi connectivity index (χ1n) is 9.41. The van der Waals surface area contributed by atoms with Crippen molar-refractivity contribution in [1.82, 2.24) is 5.32 Å². The van der Waals surface area contributed by atoms with E-state index >= 15 is 0 Å². The van der Waals surface area contributed by atoms with Crippen LogP contribution in [0.25, 0.3) is 0 Å². The number of carbonyl (C=O) groups is 3. The zero-order chi connectivity index (χ0) is 18.7. The maximum Gasteiger partial charge on any atom is 0.306 e. The van der Waals surface area contributed by atoms with Crippen molar-refractivity contribution in [2.75, 3.05) is 11.4 Å². The van der Waals surface area contributed by atoms with E-state index in [4.69, 9.17) is 5.11 Å². The van der Waals surface area contributed by atoms with Gasteiger partial charge in [0, 0.05) is 24.7 Å². The molecule has 1 aliphatic carbocycles. The van der Waals surface area contributed by atoms with Crippen molar-refractivity contribution >= 4 is 23.5 Å². The SMILES string of the molecule is CCc1ccccc1N1C[C@@H](C(=O)NC2CCC(C(=O)O)CC2)CC1=O. The zero-order valence-electron chi connectivity index (χ0n) is 15.1. The van der Waals surface area contributed by atoms with E-state index in [1.54, 1.807) is 4.90 Å². The van der Waals surface area contributed by atoms with Crippen LogP contribution in [0.15, 0.2) is 24.3 Å². The highest BCUT2D eigenvalue weighted by Crippen LogP contribution is 2.29. The highest BCUT2D eigenvalue weighted by molar-refractivity contribution is 6.00. The van der Waals surface area contributed by atoms with Crippen molar-refractivity contribution in [3.63, 3.8) is 0 Å². The van der Waals surface area contributed by atoms with Crippen molar-refractivity contribution in [1.29, 1.82) is 0 Å². The molecular formula is C20H26N2O4. The Morgan fingerprint density at radius 2 is 1.85 bits per heavy atom. The Labute approximate surface area is 153 Å². The molecule has 1 aliphatic heterocycles. The molecule has 6 heteroatoms. The molecule has 6 nitrogen and oxygen atoms in total. The number of para-hydroxylation sites is 1. The maximum absolute atomic E-state index is 12.6. The van der Waals surface area contributed by atoms with Crippen LogP contribution in [0.5, 0.6) is 0 Å². The topological polar surface area (TPSA) is 86.7 Å². The number of amides is 2. The van der Waals surface area contributed by atoms with E-state index in [1.165, 1.54) is 0 Å². The van der Waals surface area contributed by atoms with Gasteiger partial charge >= 0.3 is 5.97 Å². The van der Waals surface area contributed by atoms with Gasteiger partial charge in [0.05, 0.1) is 11.8 Å². The van der Waals surface area contributed by atoms with Gasteiger partial charge in [0.15, 0.2) is 0 Å². The molecule has 2 aliphatic rings. The number of hydrogen-bond acceptors (Lipinski definition) is 3. The summed E-state index contributed by atoms with van der Waals surface area (Å²) >= 11 is 0. The predicted octanol–water partition coefficient (Wildman–Crippen LogP) is 2.36. The third-order valence-corrected chi connectivity index (χ3v) is 5.58. The predicted molar refractivity (Wildman–Crippen MR) is 97.8 cm³/mol. The summed E-state index contributed by atoms with van der Waals surface area (Å²) in [5.41, 5.74) is 2.01. The second kappa shape index (κ2) is 7.89. The first-order chi connectivity index (χ1) is 12.5. The van der Waals surface area contributed by atoms with Gasteiger partial charge in [-0.3, -0.25) is 14.4 Å². The minimum absolute atomic E-state index is 0.0133. The van der Waals surface area contributed by atoms with E-state index in [-0.39, 0.29) is 36.1 Å². The summed E-state index contributed by atoms with van der Waals surface area (Å²) in [5, 5.41) is 12.1. The molecule has 140 valence electrons. The fraction of sp³-hybridized carbons (Fsp3) is 0.550. The summed E-state index contributed by atoms with van der Waals surface area (Å²) < 4.78 is 0. The van der Waals surface area contributed by atoms with E-state index < -0.39 is 5.97 Å². The van der Waals surface area contributed by atoms with Crippen LogP contribution in [0.3, 0.4) is 0 Å². The largest absolute Gasteiger partial charge is 0.481 e. The molecule has 2 N–H and O–H groups in total. The standard InChI is InChI=1S/C20H26N2O4/c1-2-13-5-3-4-6-17(13)22-12-15(11-18(22)23)19(24)21-16-9-7-14(8-10-16)20(25)26/h3-6,14-16H,2,7-12H2,1H3,(H,21,24)(H,25,26)/t14?,15-,16?/m0/s1. The van der Waals surface area contributed by atoms with Gasteiger partial charge in [-0.05, 0) is 43.7 Å². The molecule has 3 rings (SSSR count). The Morgan fingerprint density at radius 3 is 2.50 bits per heavy atom. The molecule has 1 atom stereocenters. The van der Waals surface area contributed by atoms with Crippen LogP contribution in [-0.2, 0) is 20.8 Å². The highest BCUT2D eigenvalue weighted by Gasteiger charge is 2.37. The normalized spacial score (nSPS) is 26.0. The summed E-state index contributed by atoms with van der Waals surface area (Å²) in [6.45, 7) is 2.46. The molecule has 0 unspecified atom stereocenters. The van der Waals surface area contributed by atoms with Crippen LogP contribution in [-0.4, -0.2) is 35.5 Å². The number of carbonyl (C=O) groups excluding carboxylic acids is 2. The number of aliphatic carboxylic acids is 1. The van der Waals surface area contributed by atoms with E-state index in [2.05, 4.69) is 12.2 Å². The molecule has 1 heterocycles. The van der Waals surface area contributed by atoms with Gasteiger partial charge in [-0.15, -0.1) is 0 Å². The summed E-state index contributed by atoms with van der Waals surface area (Å²) in [4.78, 5) is 37.8. The number of anilines is 1. The Morgan fingerprint density at radius 1 is 1.15 bits per heavy atom. The molecule has 2 amide bonds. The molecule has 1 saturated carbocycles. The second-order valence-corrected chi connectivity index (χ2v) is 7.28. The Bertz CT molecular complexity index is 695. The molecule has 0 radical (unpaired) electrons. The third kappa shape index (κ3) is 3.89. The number of carboxylic acids is 1. The number of rotatable bonds is 5. The lowest BCUT2D eigenvalue weighted by Crippen LogP contribution is -2.42. The van der Waals surface area contributed by atoms with Gasteiger partial charge in [-0.2, -0.15) is 0 Å². The van der Waals surface area contributed by atoms with Crippen LogP contribution < -0.4 is 10.2 Å². The first-order valence-corrected chi connectivity index (χ1v) is 9.41. The van der Waals surface area contributed by atoms with Crippen molar-refractivity contribution < 1.29 is 19.5 Å². The molecule has 1 saturated heterocycles. The second-order valence-electron chi connectivity index (χ2n) is 7.28. The smallest absolute Gasteiger partial charge is 0.306 e. The Hall–Kier alpha value is -2.37. The lowest BCUT2D eigenvalue weighted by Gasteiger charge is -2.27. The zero-order valence-corrected chi connectivity index (χ0v) is 15.1. The van der Waals surface area contributed by atoms with Gasteiger partial charge in [0.1, 0.15) is 0 Å². The average Bonchev–Trinajstić information content (AvgIpc) is 3.04. The van der Waals surface area contributed by atoms with Crippen LogP contribution >= 0.6 is 0 Å². The summed E-state index contributed by atoms with van der Waals surface area (Å²) in [5.74, 6) is -1.49. The molecule has 2 fully saturated rings.